The molecule has 0 aliphatic carbocycles. The number of nitrogens with one attached hydrogen (secondary N) is 1. The molecule has 0 atom stereocenters. The molecule has 0 aliphatic rings. The van der Waals surface area contributed by atoms with Gasteiger partial charge in [0.05, 0.1) is 6.42 Å². The molecule has 0 fully saturated rings. The Morgan fingerprint density at radius 2 is 1.89 bits per heavy atom. The second kappa shape index (κ2) is 10.1. The van der Waals surface area contributed by atoms with Crippen molar-refractivity contribution in [3.63, 3.8) is 0 Å². The van der Waals surface area contributed by atoms with Gasteiger partial charge in [0.15, 0.2) is 0 Å². The van der Waals surface area contributed by atoms with Crippen molar-refractivity contribution >= 4 is 17.2 Å². The molecule has 1 heterocycles. The van der Waals surface area contributed by atoms with E-state index in [2.05, 4.69) is 12.2 Å². The summed E-state index contributed by atoms with van der Waals surface area (Å²) in [6.45, 7) is 3.07. The van der Waals surface area contributed by atoms with E-state index in [1.807, 2.05) is 17.5 Å². The van der Waals surface area contributed by atoms with Gasteiger partial charge in [0.1, 0.15) is 0 Å². The Morgan fingerprint density at radius 3 is 2.56 bits per heavy atom. The van der Waals surface area contributed by atoms with E-state index in [1.54, 1.807) is 11.3 Å². The lowest BCUT2D eigenvalue weighted by atomic mass is 10.1. The summed E-state index contributed by atoms with van der Waals surface area (Å²) in [5, 5.41) is 5.00. The molecule has 0 radical (unpaired) electrons. The van der Waals surface area contributed by atoms with E-state index in [0.29, 0.717) is 6.42 Å². The fraction of sp³-hybridized carbons (Fsp3) is 0.667. The molecule has 1 amide bonds. The third-order valence-corrected chi connectivity index (χ3v) is 3.89. The predicted octanol–water partition coefficient (Wildman–Crippen LogP) is 4.16. The quantitative estimate of drug-likeness (QED) is 0.634. The van der Waals surface area contributed by atoms with Crippen molar-refractivity contribution in [3.8, 4) is 0 Å². The van der Waals surface area contributed by atoms with E-state index in [4.69, 9.17) is 0 Å². The zero-order valence-electron chi connectivity index (χ0n) is 11.4. The van der Waals surface area contributed by atoms with Gasteiger partial charge in [0.25, 0.3) is 0 Å². The van der Waals surface area contributed by atoms with Crippen molar-refractivity contribution in [1.29, 1.82) is 0 Å². The van der Waals surface area contributed by atoms with Crippen molar-refractivity contribution in [3.05, 3.63) is 22.4 Å². The summed E-state index contributed by atoms with van der Waals surface area (Å²) >= 11 is 1.65. The van der Waals surface area contributed by atoms with E-state index in [-0.39, 0.29) is 5.91 Å². The van der Waals surface area contributed by atoms with Gasteiger partial charge in [-0.05, 0) is 17.9 Å². The van der Waals surface area contributed by atoms with Crippen LogP contribution in [0, 0.1) is 0 Å². The van der Waals surface area contributed by atoms with Crippen LogP contribution in [-0.4, -0.2) is 12.5 Å². The van der Waals surface area contributed by atoms with Crippen LogP contribution in [0.3, 0.4) is 0 Å². The number of amides is 1. The molecule has 102 valence electrons. The second-order valence-corrected chi connectivity index (χ2v) is 5.76. The van der Waals surface area contributed by atoms with E-state index >= 15 is 0 Å². The van der Waals surface area contributed by atoms with Crippen molar-refractivity contribution in [2.24, 2.45) is 0 Å². The van der Waals surface area contributed by atoms with Crippen LogP contribution in [0.2, 0.25) is 0 Å². The molecule has 0 spiro atoms. The first-order valence-electron chi connectivity index (χ1n) is 7.12. The summed E-state index contributed by atoms with van der Waals surface area (Å²) in [5.74, 6) is 0.156. The van der Waals surface area contributed by atoms with Crippen LogP contribution >= 0.6 is 11.3 Å². The van der Waals surface area contributed by atoms with Crippen LogP contribution in [0.4, 0.5) is 0 Å². The van der Waals surface area contributed by atoms with Gasteiger partial charge in [-0.1, -0.05) is 51.5 Å². The lowest BCUT2D eigenvalue weighted by molar-refractivity contribution is -0.120. The number of carbonyl (C=O) groups excluding carboxylic acids is 1. The lowest BCUT2D eigenvalue weighted by Crippen LogP contribution is -2.25. The highest BCUT2D eigenvalue weighted by Gasteiger charge is 2.02. The molecule has 3 heteroatoms. The number of hydrogen-bond donors (Lipinski definition) is 1. The van der Waals surface area contributed by atoms with Gasteiger partial charge >= 0.3 is 0 Å². The Hall–Kier alpha value is -0.830. The number of rotatable bonds is 10. The van der Waals surface area contributed by atoms with Crippen molar-refractivity contribution in [2.75, 3.05) is 6.54 Å². The van der Waals surface area contributed by atoms with Gasteiger partial charge in [-0.15, -0.1) is 11.3 Å². The highest BCUT2D eigenvalue weighted by atomic mass is 32.1. The Kier molecular flexibility index (Phi) is 8.57. The molecule has 1 aromatic heterocycles. The van der Waals surface area contributed by atoms with Gasteiger partial charge in [0, 0.05) is 11.4 Å². The summed E-state index contributed by atoms with van der Waals surface area (Å²) in [5.41, 5.74) is 0. The Balaban J connectivity index is 1.90. The van der Waals surface area contributed by atoms with Crippen LogP contribution in [0.15, 0.2) is 17.5 Å². The molecule has 18 heavy (non-hydrogen) atoms. The molecule has 2 nitrogen and oxygen atoms in total. The molecule has 0 saturated carbocycles. The van der Waals surface area contributed by atoms with E-state index in [0.717, 1.165) is 17.8 Å². The third kappa shape index (κ3) is 7.49. The summed E-state index contributed by atoms with van der Waals surface area (Å²) in [7, 11) is 0. The van der Waals surface area contributed by atoms with Gasteiger partial charge in [0.2, 0.25) is 5.91 Å². The van der Waals surface area contributed by atoms with Crippen LogP contribution in [0.25, 0.3) is 0 Å². The summed E-state index contributed by atoms with van der Waals surface area (Å²) in [6, 6.07) is 4.00. The Morgan fingerprint density at radius 1 is 1.17 bits per heavy atom. The molecular weight excluding hydrogens is 242 g/mol. The van der Waals surface area contributed by atoms with Gasteiger partial charge < -0.3 is 5.32 Å². The molecule has 0 unspecified atom stereocenters. The molecule has 0 aromatic carbocycles. The average Bonchev–Trinajstić information content (AvgIpc) is 2.85. The maximum absolute atomic E-state index is 11.6. The highest BCUT2D eigenvalue weighted by molar-refractivity contribution is 7.10. The minimum atomic E-state index is 0.156. The van der Waals surface area contributed by atoms with Crippen LogP contribution in [0.1, 0.15) is 56.7 Å². The SMILES string of the molecule is CCCCCCCCCNC(=O)Cc1cccs1. The van der Waals surface area contributed by atoms with Crippen molar-refractivity contribution < 1.29 is 4.79 Å². The molecule has 1 rings (SSSR count). The highest BCUT2D eigenvalue weighted by Crippen LogP contribution is 2.09. The fourth-order valence-corrected chi connectivity index (χ4v) is 2.65. The summed E-state index contributed by atoms with van der Waals surface area (Å²) in [6.07, 6.45) is 9.56. The second-order valence-electron chi connectivity index (χ2n) is 4.73. The molecule has 0 aliphatic heterocycles. The maximum Gasteiger partial charge on any atom is 0.225 e. The smallest absolute Gasteiger partial charge is 0.225 e. The summed E-state index contributed by atoms with van der Waals surface area (Å²) < 4.78 is 0. The van der Waals surface area contributed by atoms with E-state index < -0.39 is 0 Å². The Labute approximate surface area is 115 Å². The van der Waals surface area contributed by atoms with Crippen LogP contribution in [-0.2, 0) is 11.2 Å². The molecule has 1 N–H and O–H groups in total. The minimum absolute atomic E-state index is 0.156. The molecule has 0 saturated heterocycles. The third-order valence-electron chi connectivity index (χ3n) is 3.02. The standard InChI is InChI=1S/C15H25NOS/c1-2-3-4-5-6-7-8-11-16-15(17)13-14-10-9-12-18-14/h9-10,12H,2-8,11,13H2,1H3,(H,16,17). The number of unbranched alkanes of at least 4 members (excludes halogenated alkanes) is 6. The topological polar surface area (TPSA) is 29.1 Å². The monoisotopic (exact) mass is 267 g/mol. The first kappa shape index (κ1) is 15.2. The number of carbonyl (C=O) groups is 1. The van der Waals surface area contributed by atoms with Crippen LogP contribution < -0.4 is 5.32 Å². The van der Waals surface area contributed by atoms with Crippen LogP contribution in [0.5, 0.6) is 0 Å². The first-order chi connectivity index (χ1) is 8.83. The minimum Gasteiger partial charge on any atom is -0.356 e. The summed E-state index contributed by atoms with van der Waals surface area (Å²) in [4.78, 5) is 12.7. The van der Waals surface area contributed by atoms with E-state index in [1.165, 1.54) is 38.5 Å². The zero-order chi connectivity index (χ0) is 13.1. The molecular formula is C15H25NOS. The van der Waals surface area contributed by atoms with Crippen molar-refractivity contribution in [1.82, 2.24) is 5.32 Å². The normalized spacial score (nSPS) is 10.5. The molecule has 0 bridgehead atoms. The first-order valence-corrected chi connectivity index (χ1v) is 8.00. The molecule has 1 aromatic rings. The van der Waals surface area contributed by atoms with Gasteiger partial charge in [-0.3, -0.25) is 4.79 Å². The zero-order valence-corrected chi connectivity index (χ0v) is 12.2. The predicted molar refractivity (Wildman–Crippen MR) is 79.0 cm³/mol. The average molecular weight is 267 g/mol. The Bertz CT molecular complexity index is 308. The van der Waals surface area contributed by atoms with Gasteiger partial charge in [-0.2, -0.15) is 0 Å². The lowest BCUT2D eigenvalue weighted by Gasteiger charge is -2.04. The van der Waals surface area contributed by atoms with Gasteiger partial charge in [-0.25, -0.2) is 0 Å². The maximum atomic E-state index is 11.6. The van der Waals surface area contributed by atoms with E-state index in [9.17, 15) is 4.79 Å². The number of hydrogen-bond acceptors (Lipinski definition) is 2. The number of thiophene rings is 1. The van der Waals surface area contributed by atoms with Crippen molar-refractivity contribution in [2.45, 2.75) is 58.3 Å². The fourth-order valence-electron chi connectivity index (χ4n) is 1.94. The largest absolute Gasteiger partial charge is 0.356 e.